The van der Waals surface area contributed by atoms with Crippen molar-refractivity contribution in [2.45, 2.75) is 40.3 Å². The molecule has 0 bridgehead atoms. The van der Waals surface area contributed by atoms with Gasteiger partial charge in [0.1, 0.15) is 17.3 Å². The Labute approximate surface area is 236 Å². The summed E-state index contributed by atoms with van der Waals surface area (Å²) in [6, 6.07) is 34.6. The van der Waals surface area contributed by atoms with E-state index in [9.17, 15) is 0 Å². The molecule has 0 radical (unpaired) electrons. The quantitative estimate of drug-likeness (QED) is 0.248. The van der Waals surface area contributed by atoms with Gasteiger partial charge in [0.2, 0.25) is 0 Å². The third-order valence-corrected chi connectivity index (χ3v) is 8.69. The summed E-state index contributed by atoms with van der Waals surface area (Å²) in [5, 5.41) is 6.24. The standard InChI is InChI=1S/C37H36N2O/c1-23(2)30-21-26(25-13-6-5-7-14-25)22-31(24(3)4)35(30)39-33-19-10-9-18-32(33)38-37(39)29-17-12-16-28-27-15-8-11-20-34(27)40-36(28)29/h5-21,23-24,31,37-38H,22H2,1-4H3. The first kappa shape index (κ1) is 24.8. The van der Waals surface area contributed by atoms with Crippen LogP contribution in [0.4, 0.5) is 11.4 Å². The van der Waals surface area contributed by atoms with Gasteiger partial charge >= 0.3 is 0 Å². The number of hydrogen-bond donors (Lipinski definition) is 1. The van der Waals surface area contributed by atoms with Gasteiger partial charge in [0.05, 0.1) is 11.4 Å². The third-order valence-electron chi connectivity index (χ3n) is 8.69. The minimum atomic E-state index is -0.0710. The molecule has 40 heavy (non-hydrogen) atoms. The maximum Gasteiger partial charge on any atom is 0.142 e. The summed E-state index contributed by atoms with van der Waals surface area (Å²) in [4.78, 5) is 2.59. The zero-order valence-electron chi connectivity index (χ0n) is 23.7. The summed E-state index contributed by atoms with van der Waals surface area (Å²) < 4.78 is 6.56. The molecule has 1 aliphatic carbocycles. The Kier molecular flexibility index (Phi) is 6.04. The monoisotopic (exact) mass is 524 g/mol. The summed E-state index contributed by atoms with van der Waals surface area (Å²) >= 11 is 0. The number of benzene rings is 4. The number of rotatable bonds is 5. The van der Waals surface area contributed by atoms with Gasteiger partial charge in [-0.25, -0.2) is 0 Å². The number of nitrogens with zero attached hydrogens (tertiary/aromatic N) is 1. The van der Waals surface area contributed by atoms with Crippen LogP contribution in [0.1, 0.15) is 51.4 Å². The Balaban J connectivity index is 1.47. The van der Waals surface area contributed by atoms with Gasteiger partial charge in [-0.05, 0) is 53.2 Å². The van der Waals surface area contributed by atoms with Crippen molar-refractivity contribution in [2.75, 3.05) is 10.2 Å². The van der Waals surface area contributed by atoms with Crippen LogP contribution < -0.4 is 10.2 Å². The third kappa shape index (κ3) is 3.95. The zero-order chi connectivity index (χ0) is 27.4. The van der Waals surface area contributed by atoms with E-state index in [2.05, 4.69) is 135 Å². The highest BCUT2D eigenvalue weighted by Crippen LogP contribution is 2.52. The highest BCUT2D eigenvalue weighted by atomic mass is 16.3. The van der Waals surface area contributed by atoms with Crippen LogP contribution in [0.3, 0.4) is 0 Å². The normalized spacial score (nSPS) is 19.1. The van der Waals surface area contributed by atoms with Crippen LogP contribution in [-0.4, -0.2) is 0 Å². The van der Waals surface area contributed by atoms with Crippen LogP contribution in [0, 0.1) is 17.8 Å². The molecule has 2 unspecified atom stereocenters. The van der Waals surface area contributed by atoms with Crippen molar-refractivity contribution in [3.8, 4) is 0 Å². The topological polar surface area (TPSA) is 28.4 Å². The number of allylic oxidation sites excluding steroid dienone is 4. The zero-order valence-corrected chi connectivity index (χ0v) is 23.7. The Bertz CT molecular complexity index is 1770. The Hall–Kier alpha value is -4.24. The summed E-state index contributed by atoms with van der Waals surface area (Å²) in [5.74, 6) is 1.24. The summed E-state index contributed by atoms with van der Waals surface area (Å²) in [6.07, 6.45) is 3.43. The van der Waals surface area contributed by atoms with Crippen molar-refractivity contribution in [2.24, 2.45) is 17.8 Å². The summed E-state index contributed by atoms with van der Waals surface area (Å²) in [6.45, 7) is 9.42. The fraction of sp³-hybridized carbons (Fsp3) is 0.243. The van der Waals surface area contributed by atoms with Gasteiger partial charge in [-0.3, -0.25) is 0 Å². The first-order valence-electron chi connectivity index (χ1n) is 14.6. The van der Waals surface area contributed by atoms with Crippen molar-refractivity contribution < 1.29 is 4.42 Å². The van der Waals surface area contributed by atoms with Crippen molar-refractivity contribution in [3.05, 3.63) is 126 Å². The first-order valence-corrected chi connectivity index (χ1v) is 14.6. The van der Waals surface area contributed by atoms with E-state index in [0.717, 1.165) is 28.7 Å². The molecule has 3 nitrogen and oxygen atoms in total. The van der Waals surface area contributed by atoms with E-state index in [-0.39, 0.29) is 6.17 Å². The predicted molar refractivity (Wildman–Crippen MR) is 168 cm³/mol. The van der Waals surface area contributed by atoms with Gasteiger partial charge in [-0.2, -0.15) is 0 Å². The van der Waals surface area contributed by atoms with Crippen molar-refractivity contribution in [1.82, 2.24) is 0 Å². The molecule has 2 heterocycles. The smallest absolute Gasteiger partial charge is 0.142 e. The van der Waals surface area contributed by atoms with Crippen molar-refractivity contribution in [3.63, 3.8) is 0 Å². The van der Waals surface area contributed by atoms with Gasteiger partial charge < -0.3 is 14.6 Å². The van der Waals surface area contributed by atoms with Gasteiger partial charge in [0.15, 0.2) is 0 Å². The lowest BCUT2D eigenvalue weighted by Crippen LogP contribution is -2.35. The van der Waals surface area contributed by atoms with Crippen LogP contribution in [0.15, 0.2) is 119 Å². The van der Waals surface area contributed by atoms with Gasteiger partial charge in [-0.1, -0.05) is 113 Å². The molecule has 5 aromatic rings. The molecule has 0 spiro atoms. The van der Waals surface area contributed by atoms with Crippen molar-refractivity contribution in [1.29, 1.82) is 0 Å². The average Bonchev–Trinajstić information content (AvgIpc) is 3.55. The van der Waals surface area contributed by atoms with Crippen LogP contribution in [-0.2, 0) is 0 Å². The second-order valence-corrected chi connectivity index (χ2v) is 11.8. The molecule has 0 saturated carbocycles. The second kappa shape index (κ2) is 9.75. The molecule has 1 aliphatic heterocycles. The molecular formula is C37H36N2O. The van der Waals surface area contributed by atoms with Crippen molar-refractivity contribution >= 4 is 38.9 Å². The second-order valence-electron chi connectivity index (χ2n) is 11.8. The molecule has 0 saturated heterocycles. The highest BCUT2D eigenvalue weighted by Gasteiger charge is 2.40. The fourth-order valence-corrected chi connectivity index (χ4v) is 6.68. The van der Waals surface area contributed by atoms with Crippen LogP contribution in [0.2, 0.25) is 0 Å². The fourth-order valence-electron chi connectivity index (χ4n) is 6.68. The Morgan fingerprint density at radius 1 is 0.775 bits per heavy atom. The number of anilines is 2. The van der Waals surface area contributed by atoms with E-state index in [1.165, 1.54) is 39.0 Å². The van der Waals surface area contributed by atoms with E-state index >= 15 is 0 Å². The highest BCUT2D eigenvalue weighted by molar-refractivity contribution is 6.06. The van der Waals surface area contributed by atoms with E-state index in [4.69, 9.17) is 4.42 Å². The lowest BCUT2D eigenvalue weighted by molar-refractivity contribution is 0.424. The van der Waals surface area contributed by atoms with Crippen LogP contribution in [0.25, 0.3) is 27.5 Å². The molecule has 4 aromatic carbocycles. The molecule has 2 aliphatic rings. The van der Waals surface area contributed by atoms with Gasteiger partial charge in [0, 0.05) is 28.0 Å². The SMILES string of the molecule is CC(C)C1=C(N2c3ccccc3NC2c2cccc3c2oc2ccccc23)C(C(C)C)CC(c2ccccc2)=C1. The van der Waals surface area contributed by atoms with E-state index in [1.807, 2.05) is 6.07 Å². The Morgan fingerprint density at radius 3 is 2.30 bits per heavy atom. The molecular weight excluding hydrogens is 488 g/mol. The summed E-state index contributed by atoms with van der Waals surface area (Å²) in [5.41, 5.74) is 11.1. The maximum absolute atomic E-state index is 6.56. The molecule has 1 N–H and O–H groups in total. The molecule has 0 amide bonds. The van der Waals surface area contributed by atoms with Gasteiger partial charge in [-0.15, -0.1) is 0 Å². The summed E-state index contributed by atoms with van der Waals surface area (Å²) in [7, 11) is 0. The van der Waals surface area contributed by atoms with Crippen LogP contribution >= 0.6 is 0 Å². The van der Waals surface area contributed by atoms with Gasteiger partial charge in [0.25, 0.3) is 0 Å². The maximum atomic E-state index is 6.56. The molecule has 3 heteroatoms. The predicted octanol–water partition coefficient (Wildman–Crippen LogP) is 10.2. The minimum absolute atomic E-state index is 0.0710. The van der Waals surface area contributed by atoms with E-state index in [1.54, 1.807) is 0 Å². The molecule has 7 rings (SSSR count). The molecule has 1 aromatic heterocycles. The average molecular weight is 525 g/mol. The molecule has 0 fully saturated rings. The minimum Gasteiger partial charge on any atom is -0.456 e. The Morgan fingerprint density at radius 2 is 1.50 bits per heavy atom. The lowest BCUT2D eigenvalue weighted by atomic mass is 9.75. The number of fused-ring (bicyclic) bond motifs is 4. The first-order chi connectivity index (χ1) is 19.5. The van der Waals surface area contributed by atoms with E-state index in [0.29, 0.717) is 17.8 Å². The number of furan rings is 1. The lowest BCUT2D eigenvalue weighted by Gasteiger charge is -2.41. The van der Waals surface area contributed by atoms with E-state index < -0.39 is 0 Å². The number of hydrogen-bond acceptors (Lipinski definition) is 3. The largest absolute Gasteiger partial charge is 0.456 e. The molecule has 200 valence electrons. The number of nitrogens with one attached hydrogen (secondary N) is 1. The van der Waals surface area contributed by atoms with Crippen LogP contribution in [0.5, 0.6) is 0 Å². The molecule has 2 atom stereocenters. The number of para-hydroxylation sites is 4.